The first-order chi connectivity index (χ1) is 18.7. The summed E-state index contributed by atoms with van der Waals surface area (Å²) < 4.78 is 47.6. The van der Waals surface area contributed by atoms with E-state index >= 15 is 0 Å². The van der Waals surface area contributed by atoms with Gasteiger partial charge in [0.2, 0.25) is 21.7 Å². The van der Waals surface area contributed by atoms with E-state index in [1.165, 1.54) is 29.9 Å². The van der Waals surface area contributed by atoms with Gasteiger partial charge in [-0.05, 0) is 48.7 Å². The van der Waals surface area contributed by atoms with Crippen LogP contribution >= 0.6 is 0 Å². The number of aromatic hydroxyl groups is 1. The van der Waals surface area contributed by atoms with Crippen LogP contribution in [0.15, 0.2) is 81.3 Å². The lowest BCUT2D eigenvalue weighted by Gasteiger charge is -2.24. The zero-order valence-corrected chi connectivity index (χ0v) is 22.8. The summed E-state index contributed by atoms with van der Waals surface area (Å²) in [5.41, 5.74) is 1.57. The fourth-order valence-electron chi connectivity index (χ4n) is 4.54. The van der Waals surface area contributed by atoms with Gasteiger partial charge in [0.1, 0.15) is 5.82 Å². The van der Waals surface area contributed by atoms with Crippen LogP contribution in [-0.2, 0) is 21.0 Å². The van der Waals surface area contributed by atoms with Crippen LogP contribution in [0.1, 0.15) is 42.9 Å². The number of halogens is 1. The maximum absolute atomic E-state index is 13.9. The molecule has 2 aromatic carbocycles. The molecule has 1 N–H and O–H groups in total. The van der Waals surface area contributed by atoms with Crippen molar-refractivity contribution >= 4 is 9.84 Å². The molecular weight excluding hydrogens is 521 g/mol. The Hall–Kier alpha value is -3.89. The molecule has 10 heteroatoms. The van der Waals surface area contributed by atoms with Crippen molar-refractivity contribution in [2.75, 3.05) is 13.7 Å². The predicted octanol–water partition coefficient (Wildman–Crippen LogP) is 4.87. The molecule has 1 atom stereocenters. The Balaban J connectivity index is 1.86. The highest BCUT2D eigenvalue weighted by atomic mass is 32.2. The van der Waals surface area contributed by atoms with E-state index in [1.807, 2.05) is 37.3 Å². The van der Waals surface area contributed by atoms with Crippen LogP contribution in [-0.4, -0.2) is 41.8 Å². The molecule has 2 heterocycles. The second-order valence-electron chi connectivity index (χ2n) is 9.14. The van der Waals surface area contributed by atoms with E-state index < -0.39 is 38.2 Å². The molecule has 0 radical (unpaired) electrons. The lowest BCUT2D eigenvalue weighted by atomic mass is 10.1. The Morgan fingerprint density at radius 2 is 1.72 bits per heavy atom. The molecule has 0 saturated carbocycles. The summed E-state index contributed by atoms with van der Waals surface area (Å²) in [5, 5.41) is 10.8. The second kappa shape index (κ2) is 11.9. The molecule has 39 heavy (non-hydrogen) atoms. The quantitative estimate of drug-likeness (QED) is 0.280. The number of ether oxygens (including phenoxy) is 1. The summed E-state index contributed by atoms with van der Waals surface area (Å²) in [7, 11) is -2.97. The molecule has 0 aliphatic carbocycles. The summed E-state index contributed by atoms with van der Waals surface area (Å²) in [5.74, 6) is -1.17. The van der Waals surface area contributed by atoms with Gasteiger partial charge in [-0.3, -0.25) is 9.36 Å². The van der Waals surface area contributed by atoms with Crippen molar-refractivity contribution in [2.45, 2.75) is 48.9 Å². The largest absolute Gasteiger partial charge is 0.492 e. The molecule has 0 fully saturated rings. The number of pyridine rings is 1. The minimum Gasteiger partial charge on any atom is -0.492 e. The minimum atomic E-state index is -4.47. The molecule has 4 aromatic rings. The first kappa shape index (κ1) is 28.1. The van der Waals surface area contributed by atoms with Crippen molar-refractivity contribution < 1.29 is 22.7 Å². The maximum Gasteiger partial charge on any atom is 0.277 e. The SMILES string of the molecule is CCCCc1nc(O)c(S(=O)(=O)c2ccc(-c3ccc(F)nc3C)cc2)c(=O)n1[C@@H](COC)c1ccccc1. The number of aryl methyl sites for hydroxylation is 2. The number of methoxy groups -OCH3 is 1. The molecule has 0 spiro atoms. The Labute approximate surface area is 226 Å². The third kappa shape index (κ3) is 5.76. The van der Waals surface area contributed by atoms with Gasteiger partial charge in [0.15, 0.2) is 4.90 Å². The molecule has 0 amide bonds. The Kier molecular flexibility index (Phi) is 8.57. The lowest BCUT2D eigenvalue weighted by Crippen LogP contribution is -2.35. The van der Waals surface area contributed by atoms with Crippen LogP contribution in [0, 0.1) is 12.9 Å². The topological polar surface area (TPSA) is 111 Å². The zero-order valence-electron chi connectivity index (χ0n) is 22.0. The maximum atomic E-state index is 13.9. The normalized spacial score (nSPS) is 12.4. The number of aromatic nitrogens is 3. The molecule has 0 saturated heterocycles. The van der Waals surface area contributed by atoms with Gasteiger partial charge in [0, 0.05) is 24.8 Å². The Morgan fingerprint density at radius 3 is 2.33 bits per heavy atom. The van der Waals surface area contributed by atoms with Crippen molar-refractivity contribution in [3.8, 4) is 17.0 Å². The van der Waals surface area contributed by atoms with E-state index in [1.54, 1.807) is 25.1 Å². The summed E-state index contributed by atoms with van der Waals surface area (Å²) in [6, 6.07) is 17.0. The minimum absolute atomic E-state index is 0.0920. The number of nitrogens with zero attached hydrogens (tertiary/aromatic N) is 3. The number of hydrogen-bond donors (Lipinski definition) is 1. The second-order valence-corrected chi connectivity index (χ2v) is 11.0. The van der Waals surface area contributed by atoms with Gasteiger partial charge in [-0.15, -0.1) is 0 Å². The number of benzene rings is 2. The molecule has 204 valence electrons. The van der Waals surface area contributed by atoms with Crippen LogP contribution < -0.4 is 5.56 Å². The molecule has 0 bridgehead atoms. The van der Waals surface area contributed by atoms with Gasteiger partial charge in [-0.25, -0.2) is 13.4 Å². The molecule has 0 unspecified atom stereocenters. The van der Waals surface area contributed by atoms with E-state index in [0.717, 1.165) is 12.0 Å². The van der Waals surface area contributed by atoms with Gasteiger partial charge in [0.25, 0.3) is 5.56 Å². The zero-order chi connectivity index (χ0) is 28.2. The molecular formula is C29H30FN3O5S. The van der Waals surface area contributed by atoms with Crippen molar-refractivity contribution in [1.82, 2.24) is 14.5 Å². The number of hydrogen-bond acceptors (Lipinski definition) is 7. The monoisotopic (exact) mass is 551 g/mol. The van der Waals surface area contributed by atoms with Crippen molar-refractivity contribution in [1.29, 1.82) is 0 Å². The summed E-state index contributed by atoms with van der Waals surface area (Å²) in [4.78, 5) is 21.0. The molecule has 4 rings (SSSR count). The van der Waals surface area contributed by atoms with Crippen LogP contribution in [0.4, 0.5) is 4.39 Å². The van der Waals surface area contributed by atoms with Gasteiger partial charge in [-0.1, -0.05) is 55.8 Å². The molecule has 2 aromatic heterocycles. The van der Waals surface area contributed by atoms with Crippen LogP contribution in [0.3, 0.4) is 0 Å². The van der Waals surface area contributed by atoms with E-state index in [0.29, 0.717) is 29.7 Å². The predicted molar refractivity (Wildman–Crippen MR) is 145 cm³/mol. The third-order valence-corrected chi connectivity index (χ3v) is 8.29. The highest BCUT2D eigenvalue weighted by Crippen LogP contribution is 2.30. The fraction of sp³-hybridized carbons (Fsp3) is 0.276. The Morgan fingerprint density at radius 1 is 1.03 bits per heavy atom. The third-order valence-electron chi connectivity index (χ3n) is 6.50. The van der Waals surface area contributed by atoms with Crippen LogP contribution in [0.5, 0.6) is 5.88 Å². The number of sulfone groups is 1. The van der Waals surface area contributed by atoms with Gasteiger partial charge in [-0.2, -0.15) is 9.37 Å². The summed E-state index contributed by atoms with van der Waals surface area (Å²) >= 11 is 0. The number of unbranched alkanes of at least 4 members (excludes halogenated alkanes) is 1. The smallest absolute Gasteiger partial charge is 0.277 e. The standard InChI is InChI=1S/C29H30FN3O5S/c1-4-5-11-26-32-28(34)27(29(35)33(26)24(18-38-3)21-9-7-6-8-10-21)39(36,37)22-14-12-20(13-15-22)23-16-17-25(30)31-19(23)2/h6-10,12-17,24,34H,4-5,11,18H2,1-3H3/t24-/m0/s1. The van der Waals surface area contributed by atoms with E-state index in [4.69, 9.17) is 4.74 Å². The fourth-order valence-corrected chi connectivity index (χ4v) is 5.88. The van der Waals surface area contributed by atoms with Crippen LogP contribution in [0.25, 0.3) is 11.1 Å². The van der Waals surface area contributed by atoms with E-state index in [-0.39, 0.29) is 17.3 Å². The van der Waals surface area contributed by atoms with E-state index in [2.05, 4.69) is 9.97 Å². The average Bonchev–Trinajstić information content (AvgIpc) is 2.91. The molecule has 0 aliphatic heterocycles. The van der Waals surface area contributed by atoms with Gasteiger partial charge < -0.3 is 9.84 Å². The summed E-state index contributed by atoms with van der Waals surface area (Å²) in [6.45, 7) is 3.73. The van der Waals surface area contributed by atoms with Crippen molar-refractivity contribution in [2.24, 2.45) is 0 Å². The average molecular weight is 552 g/mol. The van der Waals surface area contributed by atoms with E-state index in [9.17, 15) is 22.7 Å². The number of rotatable bonds is 10. The Bertz CT molecular complexity index is 1620. The lowest BCUT2D eigenvalue weighted by molar-refractivity contribution is 0.165. The molecule has 0 aliphatic rings. The van der Waals surface area contributed by atoms with Gasteiger partial charge >= 0.3 is 0 Å². The highest BCUT2D eigenvalue weighted by molar-refractivity contribution is 7.91. The summed E-state index contributed by atoms with van der Waals surface area (Å²) in [6.07, 6.45) is 1.87. The highest BCUT2D eigenvalue weighted by Gasteiger charge is 2.32. The first-order valence-electron chi connectivity index (χ1n) is 12.6. The van der Waals surface area contributed by atoms with Gasteiger partial charge in [0.05, 0.1) is 17.5 Å². The molecule has 8 nitrogen and oxygen atoms in total. The van der Waals surface area contributed by atoms with Crippen molar-refractivity contribution in [3.63, 3.8) is 0 Å². The van der Waals surface area contributed by atoms with Crippen molar-refractivity contribution in [3.05, 3.63) is 100 Å². The van der Waals surface area contributed by atoms with Crippen LogP contribution in [0.2, 0.25) is 0 Å². The first-order valence-corrected chi connectivity index (χ1v) is 14.0.